The molecule has 0 radical (unpaired) electrons. The Morgan fingerprint density at radius 3 is 2.80 bits per heavy atom. The van der Waals surface area contributed by atoms with Crippen LogP contribution in [0.4, 0.5) is 13.2 Å². The normalized spacial score (nSPS) is 25.5. The lowest BCUT2D eigenvalue weighted by atomic mass is 9.73. The molecule has 3 aromatic rings. The monoisotopic (exact) mass is 367 g/mol. The van der Waals surface area contributed by atoms with Crippen molar-refractivity contribution in [1.82, 2.24) is 25.5 Å². The van der Waals surface area contributed by atoms with Gasteiger partial charge in [-0.15, -0.1) is 11.3 Å². The van der Waals surface area contributed by atoms with Gasteiger partial charge in [-0.05, 0) is 31.4 Å². The number of thiophene rings is 1. The Morgan fingerprint density at radius 2 is 2.12 bits per heavy atom. The molecule has 6 rings (SSSR count). The summed E-state index contributed by atoms with van der Waals surface area (Å²) in [4.78, 5) is 20.1. The minimum absolute atomic E-state index is 0.0719. The zero-order valence-corrected chi connectivity index (χ0v) is 13.5. The van der Waals surface area contributed by atoms with Gasteiger partial charge in [-0.2, -0.15) is 18.3 Å². The van der Waals surface area contributed by atoms with E-state index in [4.69, 9.17) is 0 Å². The lowest BCUT2D eigenvalue weighted by Crippen LogP contribution is -2.42. The lowest BCUT2D eigenvalue weighted by molar-refractivity contribution is -0.140. The molecule has 1 saturated carbocycles. The number of nitrogens with zero attached hydrogens (tertiary/aromatic N) is 2. The summed E-state index contributed by atoms with van der Waals surface area (Å²) in [5.74, 6) is 1.19. The predicted octanol–water partition coefficient (Wildman–Crippen LogP) is 2.60. The second-order valence-corrected chi connectivity index (χ2v) is 7.69. The molecular formula is C15H12F3N5OS. The van der Waals surface area contributed by atoms with Crippen LogP contribution in [0.5, 0.6) is 0 Å². The maximum Gasteiger partial charge on any atom is 0.433 e. The summed E-state index contributed by atoms with van der Waals surface area (Å²) in [6.07, 6.45) is -1.56. The van der Waals surface area contributed by atoms with Gasteiger partial charge in [0.25, 0.3) is 5.56 Å². The Bertz CT molecular complexity index is 1040. The van der Waals surface area contributed by atoms with Crippen molar-refractivity contribution >= 4 is 21.6 Å². The van der Waals surface area contributed by atoms with Crippen LogP contribution in [-0.2, 0) is 11.7 Å². The van der Waals surface area contributed by atoms with E-state index < -0.39 is 11.9 Å². The summed E-state index contributed by atoms with van der Waals surface area (Å²) in [5.41, 5.74) is -1.18. The number of aromatic amines is 2. The molecule has 3 fully saturated rings. The zero-order chi connectivity index (χ0) is 17.4. The molecule has 0 atom stereocenters. The molecule has 6 nitrogen and oxygen atoms in total. The molecule has 3 N–H and O–H groups in total. The first-order chi connectivity index (χ1) is 11.9. The van der Waals surface area contributed by atoms with Crippen molar-refractivity contribution in [2.45, 2.75) is 24.6 Å². The highest BCUT2D eigenvalue weighted by molar-refractivity contribution is 7.22. The zero-order valence-electron chi connectivity index (χ0n) is 12.7. The van der Waals surface area contributed by atoms with Crippen molar-refractivity contribution in [2.24, 2.45) is 5.92 Å². The Labute approximate surface area is 142 Å². The van der Waals surface area contributed by atoms with E-state index in [9.17, 15) is 18.0 Å². The van der Waals surface area contributed by atoms with E-state index in [1.807, 2.05) is 5.10 Å². The van der Waals surface area contributed by atoms with Crippen molar-refractivity contribution in [3.63, 3.8) is 0 Å². The number of H-pyrrole nitrogens is 2. The van der Waals surface area contributed by atoms with E-state index in [2.05, 4.69) is 20.4 Å². The summed E-state index contributed by atoms with van der Waals surface area (Å²) >= 11 is 0.988. The average molecular weight is 367 g/mol. The van der Waals surface area contributed by atoms with Gasteiger partial charge in [0.15, 0.2) is 0 Å². The molecule has 0 amide bonds. The third-order valence-electron chi connectivity index (χ3n) is 5.03. The molecule has 3 aromatic heterocycles. The van der Waals surface area contributed by atoms with Gasteiger partial charge in [0, 0.05) is 10.4 Å². The fourth-order valence-corrected chi connectivity index (χ4v) is 4.83. The largest absolute Gasteiger partial charge is 0.433 e. The maximum absolute atomic E-state index is 13.1. The van der Waals surface area contributed by atoms with Gasteiger partial charge in [-0.25, -0.2) is 4.98 Å². The summed E-state index contributed by atoms with van der Waals surface area (Å²) in [5, 5.41) is 8.87. The van der Waals surface area contributed by atoms with Crippen molar-refractivity contribution in [3.05, 3.63) is 34.1 Å². The smallest absolute Gasteiger partial charge is 0.308 e. The van der Waals surface area contributed by atoms with E-state index in [-0.39, 0.29) is 16.7 Å². The molecule has 130 valence electrons. The van der Waals surface area contributed by atoms with Crippen molar-refractivity contribution in [3.8, 4) is 10.4 Å². The summed E-state index contributed by atoms with van der Waals surface area (Å²) in [7, 11) is 0. The SMILES string of the molecule is O=c1[nH]c(C23CC(CN2)C3)nc2cc(-c3cn[nH]c3C(F)(F)F)sc12. The lowest BCUT2D eigenvalue weighted by Gasteiger charge is -2.36. The minimum Gasteiger partial charge on any atom is -0.308 e. The molecule has 3 aliphatic rings. The number of hydrogen-bond acceptors (Lipinski definition) is 5. The topological polar surface area (TPSA) is 86.5 Å². The third kappa shape index (κ3) is 2.10. The van der Waals surface area contributed by atoms with Gasteiger partial charge >= 0.3 is 6.18 Å². The molecule has 0 unspecified atom stereocenters. The first-order valence-electron chi connectivity index (χ1n) is 7.76. The number of rotatable bonds is 2. The fourth-order valence-electron chi connectivity index (χ4n) is 3.82. The van der Waals surface area contributed by atoms with Crippen LogP contribution in [0.2, 0.25) is 0 Å². The molecule has 0 spiro atoms. The quantitative estimate of drug-likeness (QED) is 0.650. The van der Waals surface area contributed by atoms with Crippen molar-refractivity contribution in [1.29, 1.82) is 0 Å². The minimum atomic E-state index is -4.54. The van der Waals surface area contributed by atoms with Gasteiger partial charge in [0.2, 0.25) is 0 Å². The molecule has 2 aliphatic heterocycles. The Morgan fingerprint density at radius 1 is 1.32 bits per heavy atom. The number of aromatic nitrogens is 4. The molecule has 2 bridgehead atoms. The number of nitrogens with one attached hydrogen (secondary N) is 3. The average Bonchev–Trinajstić information content (AvgIpc) is 3.26. The van der Waals surface area contributed by atoms with E-state index >= 15 is 0 Å². The van der Waals surface area contributed by atoms with Gasteiger partial charge < -0.3 is 10.3 Å². The molecule has 1 aliphatic carbocycles. The molecule has 25 heavy (non-hydrogen) atoms. The van der Waals surface area contributed by atoms with E-state index in [1.165, 1.54) is 6.07 Å². The van der Waals surface area contributed by atoms with E-state index in [0.29, 0.717) is 26.8 Å². The standard InChI is InChI=1S/C15H12F3N5OS/c16-15(17,18)11-7(5-20-23-11)9-1-8-10(25-9)12(24)22-13(21-8)14-2-6(3-14)4-19-14/h1,5-6,19H,2-4H2,(H,20,23)(H,21,22,24). The van der Waals surface area contributed by atoms with E-state index in [1.54, 1.807) is 0 Å². The highest BCUT2D eigenvalue weighted by Gasteiger charge is 2.53. The summed E-state index contributed by atoms with van der Waals surface area (Å²) < 4.78 is 39.5. The van der Waals surface area contributed by atoms with Crippen LogP contribution >= 0.6 is 11.3 Å². The molecular weight excluding hydrogens is 355 g/mol. The first kappa shape index (κ1) is 15.1. The Balaban J connectivity index is 1.64. The van der Waals surface area contributed by atoms with Crippen LogP contribution in [0.1, 0.15) is 24.4 Å². The highest BCUT2D eigenvalue weighted by atomic mass is 32.1. The van der Waals surface area contributed by atoms with Crippen LogP contribution < -0.4 is 10.9 Å². The number of hydrogen-bond donors (Lipinski definition) is 3. The second kappa shape index (κ2) is 4.70. The van der Waals surface area contributed by atoms with Crippen LogP contribution in [0.15, 0.2) is 17.1 Å². The van der Waals surface area contributed by atoms with Crippen molar-refractivity contribution < 1.29 is 13.2 Å². The Hall–Kier alpha value is -2.20. The number of alkyl halides is 3. The van der Waals surface area contributed by atoms with Crippen LogP contribution in [-0.4, -0.2) is 26.7 Å². The second-order valence-electron chi connectivity index (χ2n) is 6.63. The first-order valence-corrected chi connectivity index (χ1v) is 8.58. The van der Waals surface area contributed by atoms with Crippen LogP contribution in [0.25, 0.3) is 20.7 Å². The molecule has 0 aromatic carbocycles. The molecule has 5 heterocycles. The third-order valence-corrected chi connectivity index (χ3v) is 6.18. The fraction of sp³-hybridized carbons (Fsp3) is 0.400. The molecule has 2 saturated heterocycles. The summed E-state index contributed by atoms with van der Waals surface area (Å²) in [6, 6.07) is 1.53. The van der Waals surface area contributed by atoms with Crippen LogP contribution in [0.3, 0.4) is 0 Å². The van der Waals surface area contributed by atoms with Crippen LogP contribution in [0, 0.1) is 5.92 Å². The predicted molar refractivity (Wildman–Crippen MR) is 85.2 cm³/mol. The summed E-state index contributed by atoms with van der Waals surface area (Å²) in [6.45, 7) is 0.903. The number of halogens is 3. The van der Waals surface area contributed by atoms with Gasteiger partial charge in [0.05, 0.1) is 17.3 Å². The van der Waals surface area contributed by atoms with Gasteiger partial charge in [-0.1, -0.05) is 0 Å². The van der Waals surface area contributed by atoms with Crippen molar-refractivity contribution in [2.75, 3.05) is 6.54 Å². The van der Waals surface area contributed by atoms with Gasteiger partial charge in [0.1, 0.15) is 16.2 Å². The maximum atomic E-state index is 13.1. The Kier molecular flexibility index (Phi) is 2.84. The number of fused-ring (bicyclic) bond motifs is 2. The highest BCUT2D eigenvalue weighted by Crippen LogP contribution is 2.49. The molecule has 10 heteroatoms. The van der Waals surface area contributed by atoms with Gasteiger partial charge in [-0.3, -0.25) is 9.89 Å². The van der Waals surface area contributed by atoms with E-state index in [0.717, 1.165) is 36.9 Å².